The van der Waals surface area contributed by atoms with Crippen molar-refractivity contribution < 1.29 is 4.74 Å². The van der Waals surface area contributed by atoms with Crippen molar-refractivity contribution in [1.29, 1.82) is 0 Å². The van der Waals surface area contributed by atoms with Crippen LogP contribution in [-0.4, -0.2) is 7.11 Å². The van der Waals surface area contributed by atoms with Crippen LogP contribution in [-0.2, 0) is 6.42 Å². The van der Waals surface area contributed by atoms with Gasteiger partial charge >= 0.3 is 0 Å². The van der Waals surface area contributed by atoms with E-state index in [1.807, 2.05) is 12.1 Å². The molecule has 23 heavy (non-hydrogen) atoms. The summed E-state index contributed by atoms with van der Waals surface area (Å²) in [5.41, 5.74) is 6.36. The Labute approximate surface area is 136 Å². The molecule has 0 saturated heterocycles. The first-order valence-electron chi connectivity index (χ1n) is 7.92. The van der Waals surface area contributed by atoms with Gasteiger partial charge in [-0.25, -0.2) is 0 Å². The summed E-state index contributed by atoms with van der Waals surface area (Å²) in [4.78, 5) is 0. The Kier molecular flexibility index (Phi) is 3.51. The van der Waals surface area contributed by atoms with E-state index in [1.165, 1.54) is 27.9 Å². The molecule has 1 unspecified atom stereocenters. The van der Waals surface area contributed by atoms with E-state index in [4.69, 9.17) is 4.74 Å². The monoisotopic (exact) mass is 301 g/mol. The summed E-state index contributed by atoms with van der Waals surface area (Å²) in [7, 11) is 1.70. The van der Waals surface area contributed by atoms with E-state index < -0.39 is 0 Å². The number of hydrogen-bond acceptors (Lipinski definition) is 2. The zero-order chi connectivity index (χ0) is 15.6. The van der Waals surface area contributed by atoms with Gasteiger partial charge in [-0.15, -0.1) is 0 Å². The lowest BCUT2D eigenvalue weighted by Gasteiger charge is -2.12. The van der Waals surface area contributed by atoms with Crippen molar-refractivity contribution in [3.05, 3.63) is 83.9 Å². The second-order valence-corrected chi connectivity index (χ2v) is 5.91. The van der Waals surface area contributed by atoms with Crippen molar-refractivity contribution in [1.82, 2.24) is 0 Å². The summed E-state index contributed by atoms with van der Waals surface area (Å²) in [5, 5.41) is 3.60. The first-order valence-corrected chi connectivity index (χ1v) is 7.92. The van der Waals surface area contributed by atoms with Crippen LogP contribution in [0.2, 0.25) is 0 Å². The van der Waals surface area contributed by atoms with Crippen LogP contribution in [0.5, 0.6) is 5.75 Å². The molecule has 2 nitrogen and oxygen atoms in total. The lowest BCUT2D eigenvalue weighted by Crippen LogP contribution is -2.05. The number of nitrogens with one attached hydrogen (secondary N) is 1. The smallest absolute Gasteiger partial charge is 0.120 e. The van der Waals surface area contributed by atoms with Gasteiger partial charge in [0.2, 0.25) is 0 Å². The Morgan fingerprint density at radius 2 is 1.61 bits per heavy atom. The van der Waals surface area contributed by atoms with Gasteiger partial charge in [-0.1, -0.05) is 60.7 Å². The van der Waals surface area contributed by atoms with Gasteiger partial charge in [0.1, 0.15) is 5.75 Å². The molecule has 0 fully saturated rings. The molecular formula is C21H19NO. The van der Waals surface area contributed by atoms with E-state index in [-0.39, 0.29) is 0 Å². The molecule has 0 amide bonds. The maximum absolute atomic E-state index is 5.31. The van der Waals surface area contributed by atoms with Gasteiger partial charge in [0.25, 0.3) is 0 Å². The first-order chi connectivity index (χ1) is 11.3. The second kappa shape index (κ2) is 5.81. The van der Waals surface area contributed by atoms with E-state index in [0.717, 1.165) is 12.2 Å². The molecule has 1 aliphatic rings. The molecule has 0 spiro atoms. The molecule has 2 heteroatoms. The topological polar surface area (TPSA) is 21.3 Å². The fourth-order valence-electron chi connectivity index (χ4n) is 3.19. The molecule has 1 aliphatic heterocycles. The Morgan fingerprint density at radius 1 is 0.870 bits per heavy atom. The molecule has 114 valence electrons. The lowest BCUT2D eigenvalue weighted by molar-refractivity contribution is 0.415. The largest absolute Gasteiger partial charge is 0.497 e. The molecule has 1 heterocycles. The van der Waals surface area contributed by atoms with Crippen molar-refractivity contribution >= 4 is 5.69 Å². The van der Waals surface area contributed by atoms with Crippen LogP contribution in [0.15, 0.2) is 72.8 Å². The number of ether oxygens (including phenoxy) is 1. The van der Waals surface area contributed by atoms with E-state index in [1.54, 1.807) is 7.11 Å². The SMILES string of the molecule is COc1ccc2c(c1)NC(c1ccc(-c3ccccc3)cc1)C2. The normalized spacial score (nSPS) is 15.8. The number of anilines is 1. The minimum Gasteiger partial charge on any atom is -0.497 e. The van der Waals surface area contributed by atoms with Gasteiger partial charge in [0, 0.05) is 11.8 Å². The van der Waals surface area contributed by atoms with Gasteiger partial charge in [-0.05, 0) is 34.7 Å². The Bertz CT molecular complexity index is 809. The quantitative estimate of drug-likeness (QED) is 0.729. The number of fused-ring (bicyclic) bond motifs is 1. The number of rotatable bonds is 3. The van der Waals surface area contributed by atoms with Crippen LogP contribution in [0.1, 0.15) is 17.2 Å². The third-order valence-corrected chi connectivity index (χ3v) is 4.49. The average molecular weight is 301 g/mol. The van der Waals surface area contributed by atoms with Gasteiger partial charge < -0.3 is 10.1 Å². The molecule has 1 atom stereocenters. The highest BCUT2D eigenvalue weighted by atomic mass is 16.5. The predicted molar refractivity (Wildman–Crippen MR) is 94.9 cm³/mol. The molecule has 3 aromatic rings. The number of hydrogen-bond donors (Lipinski definition) is 1. The average Bonchev–Trinajstić information content (AvgIpc) is 3.05. The van der Waals surface area contributed by atoms with Gasteiger partial charge in [-0.2, -0.15) is 0 Å². The maximum atomic E-state index is 5.31. The highest BCUT2D eigenvalue weighted by molar-refractivity contribution is 5.65. The summed E-state index contributed by atoms with van der Waals surface area (Å²) in [6, 6.07) is 25.9. The molecule has 1 N–H and O–H groups in total. The summed E-state index contributed by atoms with van der Waals surface area (Å²) < 4.78 is 5.31. The van der Waals surface area contributed by atoms with Crippen LogP contribution in [0.25, 0.3) is 11.1 Å². The summed E-state index contributed by atoms with van der Waals surface area (Å²) >= 11 is 0. The molecule has 4 rings (SSSR count). The van der Waals surface area contributed by atoms with Crippen LogP contribution in [0, 0.1) is 0 Å². The summed E-state index contributed by atoms with van der Waals surface area (Å²) in [5.74, 6) is 0.899. The predicted octanol–water partition coefficient (Wildman–Crippen LogP) is 5.07. The number of methoxy groups -OCH3 is 1. The van der Waals surface area contributed by atoms with E-state index in [2.05, 4.69) is 66.0 Å². The van der Waals surface area contributed by atoms with E-state index in [9.17, 15) is 0 Å². The molecule has 0 radical (unpaired) electrons. The zero-order valence-electron chi connectivity index (χ0n) is 13.1. The molecule has 0 bridgehead atoms. The van der Waals surface area contributed by atoms with Gasteiger partial charge in [0.15, 0.2) is 0 Å². The standard InChI is InChI=1S/C21H19NO/c1-23-19-12-11-18-13-20(22-21(18)14-19)17-9-7-16(8-10-17)15-5-3-2-4-6-15/h2-12,14,20,22H,13H2,1H3. The van der Waals surface area contributed by atoms with Crippen LogP contribution >= 0.6 is 0 Å². The third-order valence-electron chi connectivity index (χ3n) is 4.49. The van der Waals surface area contributed by atoms with Crippen LogP contribution < -0.4 is 10.1 Å². The molecule has 0 aromatic heterocycles. The number of benzene rings is 3. The Hall–Kier alpha value is -2.74. The van der Waals surface area contributed by atoms with Gasteiger partial charge in [0.05, 0.1) is 13.2 Å². The maximum Gasteiger partial charge on any atom is 0.120 e. The Morgan fingerprint density at radius 3 is 2.35 bits per heavy atom. The second-order valence-electron chi connectivity index (χ2n) is 5.91. The molecule has 0 saturated carbocycles. The molecule has 3 aromatic carbocycles. The van der Waals surface area contributed by atoms with Crippen molar-refractivity contribution in [2.24, 2.45) is 0 Å². The molecular weight excluding hydrogens is 282 g/mol. The van der Waals surface area contributed by atoms with Crippen molar-refractivity contribution in [3.8, 4) is 16.9 Å². The Balaban J connectivity index is 1.56. The highest BCUT2D eigenvalue weighted by Gasteiger charge is 2.22. The summed E-state index contributed by atoms with van der Waals surface area (Å²) in [6.07, 6.45) is 1.02. The minimum atomic E-state index is 0.335. The van der Waals surface area contributed by atoms with Crippen LogP contribution in [0.4, 0.5) is 5.69 Å². The van der Waals surface area contributed by atoms with Crippen molar-refractivity contribution in [2.75, 3.05) is 12.4 Å². The fraction of sp³-hybridized carbons (Fsp3) is 0.143. The van der Waals surface area contributed by atoms with Crippen LogP contribution in [0.3, 0.4) is 0 Å². The minimum absolute atomic E-state index is 0.335. The first kappa shape index (κ1) is 13.9. The highest BCUT2D eigenvalue weighted by Crippen LogP contribution is 2.36. The van der Waals surface area contributed by atoms with Crippen molar-refractivity contribution in [3.63, 3.8) is 0 Å². The third kappa shape index (κ3) is 2.68. The van der Waals surface area contributed by atoms with E-state index >= 15 is 0 Å². The van der Waals surface area contributed by atoms with E-state index in [0.29, 0.717) is 6.04 Å². The fourth-order valence-corrected chi connectivity index (χ4v) is 3.19. The zero-order valence-corrected chi connectivity index (χ0v) is 13.1. The lowest BCUT2D eigenvalue weighted by atomic mass is 9.99. The van der Waals surface area contributed by atoms with Crippen molar-refractivity contribution in [2.45, 2.75) is 12.5 Å². The summed E-state index contributed by atoms with van der Waals surface area (Å²) in [6.45, 7) is 0. The van der Waals surface area contributed by atoms with Gasteiger partial charge in [-0.3, -0.25) is 0 Å². The molecule has 0 aliphatic carbocycles.